The minimum atomic E-state index is -0.325. The molecule has 1 fully saturated rings. The average Bonchev–Trinajstić information content (AvgIpc) is 2.87. The number of carbonyl (C=O) groups excluding carboxylic acids is 1. The second-order valence-electron chi connectivity index (χ2n) is 5.49. The monoisotopic (exact) mass is 321 g/mol. The molecule has 0 aromatic heterocycles. The number of anilines is 1. The van der Waals surface area contributed by atoms with E-state index in [1.807, 2.05) is 12.1 Å². The van der Waals surface area contributed by atoms with Crippen molar-refractivity contribution >= 4 is 29.1 Å². The molecule has 1 amide bonds. The standard InChI is InChI=1S/C16H23N3O2S/c1-2-3-4-5-12-6-8-13(9-7-12)19-11-14(21-16(19)20)10-18-15(17)22/h6-9,14H,2-5,10-11H2,1H3,(H3,17,18,22)/t14-/m0/s1. The third-order valence-corrected chi connectivity index (χ3v) is 3.84. The highest BCUT2D eigenvalue weighted by Gasteiger charge is 2.32. The van der Waals surface area contributed by atoms with Crippen molar-refractivity contribution in [1.82, 2.24) is 5.32 Å². The van der Waals surface area contributed by atoms with Gasteiger partial charge >= 0.3 is 6.09 Å². The van der Waals surface area contributed by atoms with Gasteiger partial charge in [0.05, 0.1) is 13.1 Å². The predicted molar refractivity (Wildman–Crippen MR) is 92.1 cm³/mol. The molecule has 1 atom stereocenters. The number of thiocarbonyl (C=S) groups is 1. The molecule has 1 aliphatic heterocycles. The van der Waals surface area contributed by atoms with Gasteiger partial charge in [0.15, 0.2) is 5.11 Å². The van der Waals surface area contributed by atoms with Gasteiger partial charge in [-0.3, -0.25) is 4.90 Å². The van der Waals surface area contributed by atoms with Crippen molar-refractivity contribution in [1.29, 1.82) is 0 Å². The summed E-state index contributed by atoms with van der Waals surface area (Å²) in [5.41, 5.74) is 7.55. The molecule has 3 N–H and O–H groups in total. The van der Waals surface area contributed by atoms with Crippen LogP contribution in [0.4, 0.5) is 10.5 Å². The number of nitrogens with one attached hydrogen (secondary N) is 1. The van der Waals surface area contributed by atoms with Crippen LogP contribution in [0.25, 0.3) is 0 Å². The van der Waals surface area contributed by atoms with Crippen molar-refractivity contribution in [2.75, 3.05) is 18.0 Å². The van der Waals surface area contributed by atoms with E-state index in [1.165, 1.54) is 24.8 Å². The fourth-order valence-electron chi connectivity index (χ4n) is 2.47. The van der Waals surface area contributed by atoms with Crippen LogP contribution in [0.5, 0.6) is 0 Å². The fraction of sp³-hybridized carbons (Fsp3) is 0.500. The van der Waals surface area contributed by atoms with Crippen LogP contribution in [0, 0.1) is 0 Å². The Kier molecular flexibility index (Phi) is 6.00. The maximum Gasteiger partial charge on any atom is 0.414 e. The molecular weight excluding hydrogens is 298 g/mol. The summed E-state index contributed by atoms with van der Waals surface area (Å²) in [6.07, 6.45) is 4.19. The summed E-state index contributed by atoms with van der Waals surface area (Å²) >= 11 is 4.75. The highest BCUT2D eigenvalue weighted by atomic mass is 32.1. The van der Waals surface area contributed by atoms with Crippen LogP contribution in [-0.2, 0) is 11.2 Å². The maximum atomic E-state index is 11.9. The Labute approximate surface area is 136 Å². The molecule has 0 bridgehead atoms. The number of aryl methyl sites for hydroxylation is 1. The number of amides is 1. The lowest BCUT2D eigenvalue weighted by molar-refractivity contribution is 0.143. The van der Waals surface area contributed by atoms with Gasteiger partial charge in [-0.05, 0) is 42.8 Å². The molecule has 5 nitrogen and oxygen atoms in total. The van der Waals surface area contributed by atoms with E-state index in [0.29, 0.717) is 13.1 Å². The predicted octanol–water partition coefficient (Wildman–Crippen LogP) is 2.58. The quantitative estimate of drug-likeness (QED) is 0.597. The smallest absolute Gasteiger partial charge is 0.414 e. The van der Waals surface area contributed by atoms with Crippen molar-refractivity contribution in [3.05, 3.63) is 29.8 Å². The largest absolute Gasteiger partial charge is 0.442 e. The summed E-state index contributed by atoms with van der Waals surface area (Å²) in [6.45, 7) is 3.14. The third kappa shape index (κ3) is 4.59. The number of ether oxygens (including phenoxy) is 1. The first-order valence-corrected chi connectivity index (χ1v) is 8.11. The second-order valence-corrected chi connectivity index (χ2v) is 5.92. The molecule has 0 saturated carbocycles. The topological polar surface area (TPSA) is 67.6 Å². The summed E-state index contributed by atoms with van der Waals surface area (Å²) in [5, 5.41) is 3.04. The van der Waals surface area contributed by atoms with Crippen molar-refractivity contribution in [3.63, 3.8) is 0 Å². The Balaban J connectivity index is 1.91. The lowest BCUT2D eigenvalue weighted by Gasteiger charge is -2.13. The van der Waals surface area contributed by atoms with Gasteiger partial charge in [-0.2, -0.15) is 0 Å². The fourth-order valence-corrected chi connectivity index (χ4v) is 2.56. The number of nitrogens with two attached hydrogens (primary N) is 1. The van der Waals surface area contributed by atoms with E-state index < -0.39 is 0 Å². The molecule has 2 rings (SSSR count). The van der Waals surface area contributed by atoms with E-state index in [1.54, 1.807) is 4.90 Å². The number of nitrogens with zero attached hydrogens (tertiary/aromatic N) is 1. The van der Waals surface area contributed by atoms with Gasteiger partial charge < -0.3 is 15.8 Å². The van der Waals surface area contributed by atoms with Gasteiger partial charge in [-0.1, -0.05) is 31.9 Å². The van der Waals surface area contributed by atoms with Crippen LogP contribution in [0.1, 0.15) is 31.7 Å². The van der Waals surface area contributed by atoms with Gasteiger partial charge in [0, 0.05) is 5.69 Å². The lowest BCUT2D eigenvalue weighted by atomic mass is 10.1. The zero-order chi connectivity index (χ0) is 15.9. The molecule has 1 aromatic rings. The SMILES string of the molecule is CCCCCc1ccc(N2C[C@H](CNC(N)=S)OC2=O)cc1. The number of benzene rings is 1. The molecular formula is C16H23N3O2S. The van der Waals surface area contributed by atoms with Crippen LogP contribution in [0.15, 0.2) is 24.3 Å². The van der Waals surface area contributed by atoms with Crippen molar-refractivity contribution < 1.29 is 9.53 Å². The summed E-state index contributed by atoms with van der Waals surface area (Å²) in [4.78, 5) is 13.6. The molecule has 0 spiro atoms. The van der Waals surface area contributed by atoms with E-state index in [-0.39, 0.29) is 17.3 Å². The molecule has 22 heavy (non-hydrogen) atoms. The van der Waals surface area contributed by atoms with Crippen LogP contribution in [-0.4, -0.2) is 30.4 Å². The van der Waals surface area contributed by atoms with Gasteiger partial charge in [0.1, 0.15) is 6.10 Å². The summed E-state index contributed by atoms with van der Waals surface area (Å²) in [5.74, 6) is 0. The van der Waals surface area contributed by atoms with E-state index in [9.17, 15) is 4.79 Å². The number of carbonyl (C=O) groups is 1. The molecule has 1 aliphatic rings. The Hall–Kier alpha value is -1.82. The van der Waals surface area contributed by atoms with E-state index in [2.05, 4.69) is 24.4 Å². The minimum absolute atomic E-state index is 0.214. The van der Waals surface area contributed by atoms with Gasteiger partial charge in [-0.15, -0.1) is 0 Å². The summed E-state index contributed by atoms with van der Waals surface area (Å²) < 4.78 is 5.30. The zero-order valence-corrected chi connectivity index (χ0v) is 13.7. The number of rotatable bonds is 7. The highest BCUT2D eigenvalue weighted by molar-refractivity contribution is 7.80. The molecule has 0 unspecified atom stereocenters. The van der Waals surface area contributed by atoms with E-state index in [0.717, 1.165) is 12.1 Å². The Morgan fingerprint density at radius 3 is 2.77 bits per heavy atom. The lowest BCUT2D eigenvalue weighted by Crippen LogP contribution is -2.37. The zero-order valence-electron chi connectivity index (χ0n) is 12.9. The third-order valence-electron chi connectivity index (χ3n) is 3.70. The van der Waals surface area contributed by atoms with Crippen LogP contribution in [0.3, 0.4) is 0 Å². The average molecular weight is 321 g/mol. The van der Waals surface area contributed by atoms with E-state index >= 15 is 0 Å². The van der Waals surface area contributed by atoms with Crippen molar-refractivity contribution in [3.8, 4) is 0 Å². The van der Waals surface area contributed by atoms with Crippen LogP contribution in [0.2, 0.25) is 0 Å². The normalized spacial score (nSPS) is 17.4. The molecule has 0 aliphatic carbocycles. The first kappa shape index (κ1) is 16.5. The van der Waals surface area contributed by atoms with Crippen molar-refractivity contribution in [2.45, 2.75) is 38.7 Å². The van der Waals surface area contributed by atoms with Gasteiger partial charge in [0.25, 0.3) is 0 Å². The molecule has 1 heterocycles. The maximum absolute atomic E-state index is 11.9. The number of hydrogen-bond acceptors (Lipinski definition) is 3. The van der Waals surface area contributed by atoms with Crippen LogP contribution < -0.4 is 16.0 Å². The Morgan fingerprint density at radius 2 is 2.14 bits per heavy atom. The van der Waals surface area contributed by atoms with Crippen LogP contribution >= 0.6 is 12.2 Å². The number of unbranched alkanes of at least 4 members (excludes halogenated alkanes) is 2. The van der Waals surface area contributed by atoms with E-state index in [4.69, 9.17) is 22.7 Å². The number of cyclic esters (lactones) is 1. The molecule has 120 valence electrons. The highest BCUT2D eigenvalue weighted by Crippen LogP contribution is 2.22. The van der Waals surface area contributed by atoms with Gasteiger partial charge in [-0.25, -0.2) is 4.79 Å². The Morgan fingerprint density at radius 1 is 1.41 bits per heavy atom. The Bertz CT molecular complexity index is 519. The minimum Gasteiger partial charge on any atom is -0.442 e. The summed E-state index contributed by atoms with van der Waals surface area (Å²) in [7, 11) is 0. The van der Waals surface area contributed by atoms with Crippen molar-refractivity contribution in [2.24, 2.45) is 5.73 Å². The molecule has 1 aromatic carbocycles. The number of hydrogen-bond donors (Lipinski definition) is 2. The molecule has 0 radical (unpaired) electrons. The summed E-state index contributed by atoms with van der Waals surface area (Å²) in [6, 6.07) is 8.12. The first-order valence-electron chi connectivity index (χ1n) is 7.70. The molecule has 1 saturated heterocycles. The second kappa shape index (κ2) is 7.98. The van der Waals surface area contributed by atoms with Gasteiger partial charge in [0.2, 0.25) is 0 Å². The molecule has 6 heteroatoms. The first-order chi connectivity index (χ1) is 10.6.